The Morgan fingerprint density at radius 2 is 1.88 bits per heavy atom. The Bertz CT molecular complexity index is 879. The summed E-state index contributed by atoms with van der Waals surface area (Å²) in [5.41, 5.74) is 0.532. The zero-order valence-corrected chi connectivity index (χ0v) is 13.6. The largest absolute Gasteiger partial charge is 0.454 e. The Morgan fingerprint density at radius 3 is 2.69 bits per heavy atom. The molecule has 2 heterocycles. The van der Waals surface area contributed by atoms with E-state index in [0.29, 0.717) is 22.8 Å². The first-order chi connectivity index (χ1) is 12.6. The number of ether oxygens (including phenoxy) is 3. The standard InChI is InChI=1S/C19H15NO6/c21-14-8-9-20(19(23)26-13-4-2-1-3-5-13)17(18(14)22)12-6-7-15-16(10-12)25-11-24-15/h1-10,17-18,22H,11H2/t17-,18+/m1/s1. The predicted octanol–water partition coefficient (Wildman–Crippen LogP) is 2.41. The number of carbonyl (C=O) groups is 2. The van der Waals surface area contributed by atoms with Crippen molar-refractivity contribution in [1.29, 1.82) is 0 Å². The number of carbonyl (C=O) groups excluding carboxylic acids is 2. The van der Waals surface area contributed by atoms with Crippen molar-refractivity contribution in [3.8, 4) is 17.2 Å². The summed E-state index contributed by atoms with van der Waals surface area (Å²) < 4.78 is 16.0. The van der Waals surface area contributed by atoms with Crippen molar-refractivity contribution in [3.63, 3.8) is 0 Å². The molecule has 2 aromatic carbocycles. The molecule has 0 unspecified atom stereocenters. The van der Waals surface area contributed by atoms with Crippen LogP contribution in [0.1, 0.15) is 11.6 Å². The molecular formula is C19H15NO6. The Labute approximate surface area is 149 Å². The number of nitrogens with zero attached hydrogens (tertiary/aromatic N) is 1. The van der Waals surface area contributed by atoms with Crippen LogP contribution >= 0.6 is 0 Å². The zero-order chi connectivity index (χ0) is 18.1. The lowest BCUT2D eigenvalue weighted by Crippen LogP contribution is -2.44. The molecule has 0 spiro atoms. The summed E-state index contributed by atoms with van der Waals surface area (Å²) in [4.78, 5) is 25.8. The van der Waals surface area contributed by atoms with Crippen LogP contribution in [-0.2, 0) is 4.79 Å². The minimum atomic E-state index is -1.41. The van der Waals surface area contributed by atoms with E-state index in [4.69, 9.17) is 14.2 Å². The highest BCUT2D eigenvalue weighted by Crippen LogP contribution is 2.38. The highest BCUT2D eigenvalue weighted by atomic mass is 16.7. The van der Waals surface area contributed by atoms with Crippen LogP contribution in [-0.4, -0.2) is 34.8 Å². The molecule has 4 rings (SSSR count). The minimum Gasteiger partial charge on any atom is -0.454 e. The summed E-state index contributed by atoms with van der Waals surface area (Å²) in [6, 6.07) is 12.6. The van der Waals surface area contributed by atoms with E-state index >= 15 is 0 Å². The van der Waals surface area contributed by atoms with E-state index in [-0.39, 0.29) is 6.79 Å². The van der Waals surface area contributed by atoms with Crippen LogP contribution in [0.4, 0.5) is 4.79 Å². The number of amides is 1. The maximum Gasteiger partial charge on any atom is 0.419 e. The number of hydrogen-bond donors (Lipinski definition) is 1. The van der Waals surface area contributed by atoms with Crippen molar-refractivity contribution in [2.24, 2.45) is 0 Å². The van der Waals surface area contributed by atoms with Crippen molar-refractivity contribution < 1.29 is 28.9 Å². The van der Waals surface area contributed by atoms with E-state index < -0.39 is 24.0 Å². The van der Waals surface area contributed by atoms with Gasteiger partial charge in [0.05, 0.1) is 6.04 Å². The van der Waals surface area contributed by atoms with Crippen LogP contribution in [0.2, 0.25) is 0 Å². The first-order valence-corrected chi connectivity index (χ1v) is 7.98. The molecule has 132 valence electrons. The lowest BCUT2D eigenvalue weighted by atomic mass is 9.94. The van der Waals surface area contributed by atoms with E-state index in [1.807, 2.05) is 0 Å². The molecule has 0 saturated heterocycles. The monoisotopic (exact) mass is 353 g/mol. The van der Waals surface area contributed by atoms with Crippen LogP contribution in [0.3, 0.4) is 0 Å². The first-order valence-electron chi connectivity index (χ1n) is 7.98. The molecule has 0 bridgehead atoms. The SMILES string of the molecule is O=C1C=CN(C(=O)Oc2ccccc2)[C@H](c2ccc3c(c2)OCO3)[C@H]1O. The van der Waals surface area contributed by atoms with Crippen LogP contribution in [0.25, 0.3) is 0 Å². The van der Waals surface area contributed by atoms with E-state index in [1.165, 1.54) is 11.1 Å². The van der Waals surface area contributed by atoms with Crippen molar-refractivity contribution in [3.05, 3.63) is 66.4 Å². The van der Waals surface area contributed by atoms with Crippen LogP contribution in [0.5, 0.6) is 17.2 Å². The van der Waals surface area contributed by atoms with Crippen molar-refractivity contribution in [1.82, 2.24) is 4.90 Å². The van der Waals surface area contributed by atoms with Gasteiger partial charge >= 0.3 is 6.09 Å². The van der Waals surface area contributed by atoms with E-state index in [9.17, 15) is 14.7 Å². The topological polar surface area (TPSA) is 85.3 Å². The lowest BCUT2D eigenvalue weighted by Gasteiger charge is -2.33. The number of ketones is 1. The van der Waals surface area contributed by atoms with Crippen molar-refractivity contribution >= 4 is 11.9 Å². The van der Waals surface area contributed by atoms with Gasteiger partial charge in [0.1, 0.15) is 11.9 Å². The van der Waals surface area contributed by atoms with Gasteiger partial charge in [-0.05, 0) is 29.8 Å². The molecule has 0 aromatic heterocycles. The third-order valence-corrected chi connectivity index (χ3v) is 4.19. The molecular weight excluding hydrogens is 338 g/mol. The fourth-order valence-corrected chi connectivity index (χ4v) is 2.91. The molecule has 0 fully saturated rings. The summed E-state index contributed by atoms with van der Waals surface area (Å²) >= 11 is 0. The number of benzene rings is 2. The van der Waals surface area contributed by atoms with Gasteiger partial charge in [-0.1, -0.05) is 24.3 Å². The number of hydrogen-bond acceptors (Lipinski definition) is 6. The van der Waals surface area contributed by atoms with Gasteiger partial charge < -0.3 is 19.3 Å². The molecule has 0 saturated carbocycles. The van der Waals surface area contributed by atoms with Gasteiger partial charge in [-0.2, -0.15) is 0 Å². The number of aliphatic hydroxyl groups is 1. The fourth-order valence-electron chi connectivity index (χ4n) is 2.91. The van der Waals surface area contributed by atoms with Gasteiger partial charge in [0, 0.05) is 12.3 Å². The Kier molecular flexibility index (Phi) is 4.06. The number of fused-ring (bicyclic) bond motifs is 1. The molecule has 2 aliphatic heterocycles. The first kappa shape index (κ1) is 16.2. The maximum atomic E-state index is 12.6. The average molecular weight is 353 g/mol. The Balaban J connectivity index is 1.66. The third kappa shape index (κ3) is 2.89. The Hall–Kier alpha value is -3.32. The summed E-state index contributed by atoms with van der Waals surface area (Å²) in [5.74, 6) is 0.936. The van der Waals surface area contributed by atoms with Gasteiger partial charge in [-0.3, -0.25) is 9.69 Å². The molecule has 2 aromatic rings. The quantitative estimate of drug-likeness (QED) is 0.892. The third-order valence-electron chi connectivity index (χ3n) is 4.19. The summed E-state index contributed by atoms with van der Waals surface area (Å²) in [7, 11) is 0. The van der Waals surface area contributed by atoms with Crippen molar-refractivity contribution in [2.75, 3.05) is 6.79 Å². The molecule has 1 amide bonds. The van der Waals surface area contributed by atoms with Gasteiger partial charge in [0.15, 0.2) is 17.3 Å². The highest BCUT2D eigenvalue weighted by molar-refractivity contribution is 5.96. The molecule has 26 heavy (non-hydrogen) atoms. The number of rotatable bonds is 2. The smallest absolute Gasteiger partial charge is 0.419 e. The molecule has 0 aliphatic carbocycles. The second-order valence-electron chi connectivity index (χ2n) is 5.81. The predicted molar refractivity (Wildman–Crippen MR) is 89.8 cm³/mol. The summed E-state index contributed by atoms with van der Waals surface area (Å²) in [6.45, 7) is 0.102. The molecule has 2 aliphatic rings. The van der Waals surface area contributed by atoms with E-state index in [1.54, 1.807) is 48.5 Å². The number of para-hydroxylation sites is 1. The van der Waals surface area contributed by atoms with Gasteiger partial charge in [-0.15, -0.1) is 0 Å². The molecule has 0 radical (unpaired) electrons. The summed E-state index contributed by atoms with van der Waals surface area (Å²) in [5, 5.41) is 10.4. The van der Waals surface area contributed by atoms with Gasteiger partial charge in [-0.25, -0.2) is 4.79 Å². The molecule has 1 N–H and O–H groups in total. The Morgan fingerprint density at radius 1 is 1.12 bits per heavy atom. The van der Waals surface area contributed by atoms with Crippen LogP contribution in [0, 0.1) is 0 Å². The fraction of sp³-hybridized carbons (Fsp3) is 0.158. The second kappa shape index (κ2) is 6.53. The maximum absolute atomic E-state index is 12.6. The van der Waals surface area contributed by atoms with Crippen LogP contribution < -0.4 is 14.2 Å². The average Bonchev–Trinajstić information content (AvgIpc) is 3.12. The molecule has 7 heteroatoms. The number of aliphatic hydroxyl groups excluding tert-OH is 1. The normalized spacial score (nSPS) is 21.0. The van der Waals surface area contributed by atoms with Gasteiger partial charge in [0.25, 0.3) is 0 Å². The summed E-state index contributed by atoms with van der Waals surface area (Å²) in [6.07, 6.45) is 0.348. The highest BCUT2D eigenvalue weighted by Gasteiger charge is 2.38. The lowest BCUT2D eigenvalue weighted by molar-refractivity contribution is -0.126. The van der Waals surface area contributed by atoms with E-state index in [0.717, 1.165) is 6.08 Å². The van der Waals surface area contributed by atoms with E-state index in [2.05, 4.69) is 0 Å². The van der Waals surface area contributed by atoms with Crippen molar-refractivity contribution in [2.45, 2.75) is 12.1 Å². The minimum absolute atomic E-state index is 0.102. The molecule has 2 atom stereocenters. The zero-order valence-electron chi connectivity index (χ0n) is 13.6. The molecule has 7 nitrogen and oxygen atoms in total. The van der Waals surface area contributed by atoms with Crippen LogP contribution in [0.15, 0.2) is 60.8 Å². The second-order valence-corrected chi connectivity index (χ2v) is 5.81. The van der Waals surface area contributed by atoms with Gasteiger partial charge in [0.2, 0.25) is 6.79 Å².